The molecule has 1 aromatic heterocycles. The molecule has 1 heterocycles. The van der Waals surface area contributed by atoms with E-state index in [1.165, 1.54) is 6.20 Å². The zero-order chi connectivity index (χ0) is 19.1. The Kier molecular flexibility index (Phi) is 6.10. The van der Waals surface area contributed by atoms with Crippen LogP contribution in [-0.4, -0.2) is 22.2 Å². The number of pyridine rings is 1. The number of rotatable bonds is 9. The summed E-state index contributed by atoms with van der Waals surface area (Å²) in [6.07, 6.45) is 4.32. The van der Waals surface area contributed by atoms with E-state index in [4.69, 9.17) is 0 Å². The number of fused-ring (bicyclic) bond motifs is 1. The maximum Gasteiger partial charge on any atom is 0.311 e. The normalized spacial score (nSPS) is 10.7. The van der Waals surface area contributed by atoms with E-state index in [0.29, 0.717) is 18.7 Å². The first-order valence-corrected chi connectivity index (χ1v) is 9.01. The molecule has 6 heteroatoms. The molecule has 1 N–H and O–H groups in total. The van der Waals surface area contributed by atoms with Crippen molar-refractivity contribution in [2.24, 2.45) is 0 Å². The quantitative estimate of drug-likeness (QED) is 0.250. The van der Waals surface area contributed by atoms with E-state index in [9.17, 15) is 14.9 Å². The van der Waals surface area contributed by atoms with Crippen LogP contribution < -0.4 is 5.32 Å². The Bertz CT molecular complexity index is 942. The summed E-state index contributed by atoms with van der Waals surface area (Å²) in [5, 5.41) is 15.2. The number of para-hydroxylation sites is 1. The maximum absolute atomic E-state index is 12.1. The van der Waals surface area contributed by atoms with Crippen molar-refractivity contribution in [2.75, 3.05) is 11.9 Å². The van der Waals surface area contributed by atoms with Crippen molar-refractivity contribution in [1.29, 1.82) is 0 Å². The van der Waals surface area contributed by atoms with Gasteiger partial charge in [0.2, 0.25) is 0 Å². The van der Waals surface area contributed by atoms with Gasteiger partial charge in [-0.25, -0.2) is 4.98 Å². The third-order valence-electron chi connectivity index (χ3n) is 4.43. The molecule has 0 aliphatic carbocycles. The zero-order valence-electron chi connectivity index (χ0n) is 14.9. The second kappa shape index (κ2) is 8.89. The highest BCUT2D eigenvalue weighted by Crippen LogP contribution is 2.31. The van der Waals surface area contributed by atoms with Gasteiger partial charge in [0.1, 0.15) is 11.9 Å². The summed E-state index contributed by atoms with van der Waals surface area (Å²) in [5.41, 5.74) is 1.95. The fraction of sp³-hybridized carbons (Fsp3) is 0.238. The highest BCUT2D eigenvalue weighted by Gasteiger charge is 2.17. The summed E-state index contributed by atoms with van der Waals surface area (Å²) in [6.45, 7) is 0.606. The minimum Gasteiger partial charge on any atom is -0.379 e. The fourth-order valence-electron chi connectivity index (χ4n) is 3.02. The van der Waals surface area contributed by atoms with Gasteiger partial charge in [0, 0.05) is 23.9 Å². The Morgan fingerprint density at radius 3 is 2.52 bits per heavy atom. The van der Waals surface area contributed by atoms with Crippen molar-refractivity contribution < 1.29 is 9.72 Å². The van der Waals surface area contributed by atoms with E-state index < -0.39 is 4.92 Å². The summed E-state index contributed by atoms with van der Waals surface area (Å²) < 4.78 is 0. The van der Waals surface area contributed by atoms with Gasteiger partial charge in [0.15, 0.2) is 5.78 Å². The largest absolute Gasteiger partial charge is 0.379 e. The molecule has 0 saturated heterocycles. The van der Waals surface area contributed by atoms with Gasteiger partial charge in [0.25, 0.3) is 0 Å². The SMILES string of the molecule is O=C(CCCCCNc1c([N+](=O)[O-])cnc2ccccc12)c1ccccc1. The second-order valence-corrected chi connectivity index (χ2v) is 6.32. The molecule has 0 amide bonds. The average Bonchev–Trinajstić information content (AvgIpc) is 2.70. The summed E-state index contributed by atoms with van der Waals surface area (Å²) >= 11 is 0. The van der Waals surface area contributed by atoms with Crippen molar-refractivity contribution in [2.45, 2.75) is 25.7 Å². The molecule has 0 atom stereocenters. The predicted octanol–water partition coefficient (Wildman–Crippen LogP) is 5.00. The minimum absolute atomic E-state index is 0.0204. The molecule has 2 aromatic carbocycles. The number of hydrogen-bond acceptors (Lipinski definition) is 5. The van der Waals surface area contributed by atoms with Crippen LogP contribution in [0.3, 0.4) is 0 Å². The van der Waals surface area contributed by atoms with E-state index in [0.717, 1.165) is 35.7 Å². The number of hydrogen-bond donors (Lipinski definition) is 1. The number of benzene rings is 2. The van der Waals surface area contributed by atoms with E-state index in [2.05, 4.69) is 10.3 Å². The number of nitrogens with zero attached hydrogens (tertiary/aromatic N) is 2. The van der Waals surface area contributed by atoms with Crippen LogP contribution in [0.4, 0.5) is 11.4 Å². The van der Waals surface area contributed by atoms with Gasteiger partial charge in [-0.1, -0.05) is 55.0 Å². The summed E-state index contributed by atoms with van der Waals surface area (Å²) in [5.74, 6) is 0.152. The lowest BCUT2D eigenvalue weighted by atomic mass is 10.0. The smallest absolute Gasteiger partial charge is 0.311 e. The maximum atomic E-state index is 12.1. The highest BCUT2D eigenvalue weighted by atomic mass is 16.6. The molecule has 3 aromatic rings. The minimum atomic E-state index is -0.416. The molecular formula is C21H21N3O3. The molecule has 0 spiro atoms. The molecular weight excluding hydrogens is 342 g/mol. The van der Waals surface area contributed by atoms with Gasteiger partial charge < -0.3 is 5.32 Å². The number of ketones is 1. The van der Waals surface area contributed by atoms with Crippen LogP contribution in [-0.2, 0) is 0 Å². The summed E-state index contributed by atoms with van der Waals surface area (Å²) in [4.78, 5) is 27.1. The van der Waals surface area contributed by atoms with Crippen molar-refractivity contribution >= 4 is 28.1 Å². The Morgan fingerprint density at radius 1 is 1.00 bits per heavy atom. The third kappa shape index (κ3) is 4.67. The molecule has 0 aliphatic heterocycles. The van der Waals surface area contributed by atoms with E-state index in [-0.39, 0.29) is 11.5 Å². The van der Waals surface area contributed by atoms with Gasteiger partial charge in [-0.15, -0.1) is 0 Å². The van der Waals surface area contributed by atoms with Gasteiger partial charge in [0.05, 0.1) is 10.4 Å². The van der Waals surface area contributed by atoms with Gasteiger partial charge in [-0.2, -0.15) is 0 Å². The number of aromatic nitrogens is 1. The standard InChI is InChI=1S/C21H21N3O3/c25-20(16-9-3-1-4-10-16)13-5-2-8-14-22-21-17-11-6-7-12-18(17)23-15-19(21)24(26)27/h1,3-4,6-7,9-12,15H,2,5,8,13-14H2,(H,22,23). The van der Waals surface area contributed by atoms with Crippen LogP contribution in [0, 0.1) is 10.1 Å². The Balaban J connectivity index is 1.53. The topological polar surface area (TPSA) is 85.1 Å². The molecule has 6 nitrogen and oxygen atoms in total. The number of Topliss-reactive ketones (excluding diaryl/α,β-unsaturated/α-hetero) is 1. The van der Waals surface area contributed by atoms with Crippen LogP contribution in [0.5, 0.6) is 0 Å². The monoisotopic (exact) mass is 363 g/mol. The number of carbonyl (C=O) groups is 1. The first-order chi connectivity index (χ1) is 13.2. The Morgan fingerprint density at radius 2 is 1.74 bits per heavy atom. The predicted molar refractivity (Wildman–Crippen MR) is 106 cm³/mol. The van der Waals surface area contributed by atoms with E-state index >= 15 is 0 Å². The fourth-order valence-corrected chi connectivity index (χ4v) is 3.02. The number of anilines is 1. The van der Waals surface area contributed by atoms with E-state index in [1.54, 1.807) is 0 Å². The van der Waals surface area contributed by atoms with Crippen LogP contribution in [0.15, 0.2) is 60.8 Å². The van der Waals surface area contributed by atoms with Crippen molar-refractivity contribution in [1.82, 2.24) is 4.98 Å². The van der Waals surface area contributed by atoms with Crippen molar-refractivity contribution in [3.63, 3.8) is 0 Å². The third-order valence-corrected chi connectivity index (χ3v) is 4.43. The molecule has 0 fully saturated rings. The Hall–Kier alpha value is -3.28. The van der Waals surface area contributed by atoms with Crippen LogP contribution in [0.25, 0.3) is 10.9 Å². The van der Waals surface area contributed by atoms with Crippen molar-refractivity contribution in [3.8, 4) is 0 Å². The first kappa shape index (κ1) is 18.5. The van der Waals surface area contributed by atoms with E-state index in [1.807, 2.05) is 54.6 Å². The number of nitrogens with one attached hydrogen (secondary N) is 1. The number of unbranched alkanes of at least 4 members (excludes halogenated alkanes) is 2. The molecule has 3 rings (SSSR count). The zero-order valence-corrected chi connectivity index (χ0v) is 14.9. The highest BCUT2D eigenvalue weighted by molar-refractivity contribution is 5.96. The second-order valence-electron chi connectivity index (χ2n) is 6.32. The lowest BCUT2D eigenvalue weighted by Gasteiger charge is -2.10. The van der Waals surface area contributed by atoms with Gasteiger partial charge in [-0.05, 0) is 18.9 Å². The van der Waals surface area contributed by atoms with Crippen molar-refractivity contribution in [3.05, 3.63) is 76.5 Å². The van der Waals surface area contributed by atoms with Gasteiger partial charge in [-0.3, -0.25) is 14.9 Å². The summed E-state index contributed by atoms with van der Waals surface area (Å²) in [6, 6.07) is 16.6. The lowest BCUT2D eigenvalue weighted by Crippen LogP contribution is -2.06. The number of carbonyl (C=O) groups excluding carboxylic acids is 1. The molecule has 27 heavy (non-hydrogen) atoms. The molecule has 0 unspecified atom stereocenters. The van der Waals surface area contributed by atoms with Crippen LogP contribution >= 0.6 is 0 Å². The molecule has 0 bridgehead atoms. The molecule has 0 aliphatic rings. The molecule has 0 radical (unpaired) electrons. The molecule has 138 valence electrons. The van der Waals surface area contributed by atoms with Gasteiger partial charge >= 0.3 is 5.69 Å². The Labute approximate surface area is 157 Å². The van der Waals surface area contributed by atoms with Crippen LogP contribution in [0.2, 0.25) is 0 Å². The number of nitro groups is 1. The average molecular weight is 363 g/mol. The summed E-state index contributed by atoms with van der Waals surface area (Å²) in [7, 11) is 0. The van der Waals surface area contributed by atoms with Crippen LogP contribution in [0.1, 0.15) is 36.0 Å². The molecule has 0 saturated carbocycles. The lowest BCUT2D eigenvalue weighted by molar-refractivity contribution is -0.384. The first-order valence-electron chi connectivity index (χ1n) is 9.01.